The van der Waals surface area contributed by atoms with Gasteiger partial charge in [-0.2, -0.15) is 0 Å². The Bertz CT molecular complexity index is 569. The van der Waals surface area contributed by atoms with E-state index in [1.54, 1.807) is 0 Å². The maximum Gasteiger partial charge on any atom is 0.269 e. The van der Waals surface area contributed by atoms with E-state index in [4.69, 9.17) is 0 Å². The molecule has 0 saturated heterocycles. The van der Waals surface area contributed by atoms with Crippen molar-refractivity contribution in [2.45, 2.75) is 0 Å². The number of hydrogen-bond acceptors (Lipinski definition) is 5. The van der Waals surface area contributed by atoms with E-state index >= 15 is 0 Å². The summed E-state index contributed by atoms with van der Waals surface area (Å²) < 4.78 is 0. The minimum atomic E-state index is -0.521. The summed E-state index contributed by atoms with van der Waals surface area (Å²) in [6.07, 6.45) is 4.26. The average molecular weight is 244 g/mol. The molecule has 2 rings (SSSR count). The van der Waals surface area contributed by atoms with Gasteiger partial charge in [0.2, 0.25) is 0 Å². The predicted octanol–water partition coefficient (Wildman–Crippen LogP) is 1.64. The molecular formula is C11H8N4O3. The van der Waals surface area contributed by atoms with Crippen LogP contribution >= 0.6 is 0 Å². The number of benzene rings is 1. The van der Waals surface area contributed by atoms with Crippen LogP contribution in [0.4, 0.5) is 11.4 Å². The van der Waals surface area contributed by atoms with Crippen molar-refractivity contribution in [2.24, 2.45) is 0 Å². The normalized spacial score (nSPS) is 9.78. The Kier molecular flexibility index (Phi) is 3.24. The molecule has 1 aromatic carbocycles. The maximum absolute atomic E-state index is 11.8. The fourth-order valence-electron chi connectivity index (χ4n) is 1.30. The summed E-state index contributed by atoms with van der Waals surface area (Å²) in [6, 6.07) is 5.32. The number of aromatic nitrogens is 2. The fourth-order valence-corrected chi connectivity index (χ4v) is 1.30. The minimum Gasteiger partial charge on any atom is -0.319 e. The third-order valence-corrected chi connectivity index (χ3v) is 2.16. The Balaban J connectivity index is 2.12. The highest BCUT2D eigenvalue weighted by atomic mass is 16.6. The Hall–Kier alpha value is -2.83. The number of amides is 1. The number of non-ortho nitro benzene ring substituents is 1. The Morgan fingerprint density at radius 3 is 2.33 bits per heavy atom. The Morgan fingerprint density at radius 2 is 1.78 bits per heavy atom. The van der Waals surface area contributed by atoms with Crippen molar-refractivity contribution in [1.29, 1.82) is 0 Å². The van der Waals surface area contributed by atoms with Gasteiger partial charge in [0, 0.05) is 17.7 Å². The van der Waals surface area contributed by atoms with Gasteiger partial charge in [0.15, 0.2) is 0 Å². The van der Waals surface area contributed by atoms with E-state index in [-0.39, 0.29) is 11.6 Å². The summed E-state index contributed by atoms with van der Waals surface area (Å²) in [4.78, 5) is 29.2. The predicted molar refractivity (Wildman–Crippen MR) is 63.1 cm³/mol. The largest absolute Gasteiger partial charge is 0.319 e. The standard InChI is InChI=1S/C11H8N4O3/c16-11(14-9-5-12-7-13-6-9)8-1-3-10(4-2-8)15(17)18/h1-7H,(H,14,16). The lowest BCUT2D eigenvalue weighted by Gasteiger charge is -2.03. The van der Waals surface area contributed by atoms with E-state index < -0.39 is 4.92 Å². The van der Waals surface area contributed by atoms with Crippen LogP contribution in [0.25, 0.3) is 0 Å². The van der Waals surface area contributed by atoms with Gasteiger partial charge in [-0.05, 0) is 12.1 Å². The van der Waals surface area contributed by atoms with Crippen LogP contribution in [0.3, 0.4) is 0 Å². The molecule has 7 heteroatoms. The zero-order valence-electron chi connectivity index (χ0n) is 9.11. The molecule has 1 aromatic heterocycles. The molecule has 7 nitrogen and oxygen atoms in total. The molecule has 0 bridgehead atoms. The van der Waals surface area contributed by atoms with Crippen LogP contribution in [0.1, 0.15) is 10.4 Å². The van der Waals surface area contributed by atoms with Crippen LogP contribution in [0.5, 0.6) is 0 Å². The quantitative estimate of drug-likeness (QED) is 0.653. The van der Waals surface area contributed by atoms with Crippen molar-refractivity contribution >= 4 is 17.3 Å². The first-order chi connectivity index (χ1) is 8.66. The van der Waals surface area contributed by atoms with Gasteiger partial charge in [0.05, 0.1) is 23.0 Å². The molecular weight excluding hydrogens is 236 g/mol. The van der Waals surface area contributed by atoms with Crippen LogP contribution in [-0.4, -0.2) is 20.8 Å². The van der Waals surface area contributed by atoms with E-state index in [1.165, 1.54) is 43.0 Å². The molecule has 0 radical (unpaired) electrons. The Morgan fingerprint density at radius 1 is 1.17 bits per heavy atom. The lowest BCUT2D eigenvalue weighted by Crippen LogP contribution is -2.12. The summed E-state index contributed by atoms with van der Waals surface area (Å²) in [5, 5.41) is 13.0. The number of nitro benzene ring substituents is 1. The molecule has 1 N–H and O–H groups in total. The molecule has 1 heterocycles. The highest BCUT2D eigenvalue weighted by Crippen LogP contribution is 2.13. The molecule has 0 aliphatic rings. The third-order valence-electron chi connectivity index (χ3n) is 2.16. The zero-order chi connectivity index (χ0) is 13.0. The van der Waals surface area contributed by atoms with Gasteiger partial charge in [0.25, 0.3) is 11.6 Å². The highest BCUT2D eigenvalue weighted by molar-refractivity contribution is 6.04. The molecule has 0 aliphatic heterocycles. The molecule has 2 aromatic rings. The lowest BCUT2D eigenvalue weighted by atomic mass is 10.2. The third kappa shape index (κ3) is 2.64. The van der Waals surface area contributed by atoms with Crippen molar-refractivity contribution in [3.05, 3.63) is 58.7 Å². The fraction of sp³-hybridized carbons (Fsp3) is 0. The number of nitro groups is 1. The number of hydrogen-bond donors (Lipinski definition) is 1. The molecule has 0 spiro atoms. The molecule has 1 amide bonds. The van der Waals surface area contributed by atoms with E-state index in [0.717, 1.165) is 0 Å². The van der Waals surface area contributed by atoms with Crippen molar-refractivity contribution in [3.8, 4) is 0 Å². The average Bonchev–Trinajstić information content (AvgIpc) is 2.40. The van der Waals surface area contributed by atoms with Gasteiger partial charge in [-0.25, -0.2) is 9.97 Å². The van der Waals surface area contributed by atoms with E-state index in [2.05, 4.69) is 15.3 Å². The highest BCUT2D eigenvalue weighted by Gasteiger charge is 2.09. The number of rotatable bonds is 3. The first kappa shape index (κ1) is 11.6. The first-order valence-corrected chi connectivity index (χ1v) is 4.97. The Labute approximate surface area is 102 Å². The van der Waals surface area contributed by atoms with Crippen LogP contribution in [0, 0.1) is 10.1 Å². The first-order valence-electron chi connectivity index (χ1n) is 4.97. The molecule has 0 saturated carbocycles. The summed E-state index contributed by atoms with van der Waals surface area (Å²) in [5.41, 5.74) is 0.722. The van der Waals surface area contributed by atoms with Gasteiger partial charge in [-0.3, -0.25) is 14.9 Å². The molecule has 0 atom stereocenters. The number of carbonyl (C=O) groups is 1. The van der Waals surface area contributed by atoms with E-state index in [1.807, 2.05) is 0 Å². The van der Waals surface area contributed by atoms with Crippen LogP contribution in [0.2, 0.25) is 0 Å². The zero-order valence-corrected chi connectivity index (χ0v) is 9.11. The second kappa shape index (κ2) is 5.00. The summed E-state index contributed by atoms with van der Waals surface area (Å²) >= 11 is 0. The molecule has 0 aliphatic carbocycles. The monoisotopic (exact) mass is 244 g/mol. The van der Waals surface area contributed by atoms with Gasteiger partial charge in [0.1, 0.15) is 6.33 Å². The second-order valence-electron chi connectivity index (χ2n) is 3.39. The van der Waals surface area contributed by atoms with Gasteiger partial charge in [-0.1, -0.05) is 0 Å². The van der Waals surface area contributed by atoms with Gasteiger partial charge in [-0.15, -0.1) is 0 Å². The number of nitrogens with zero attached hydrogens (tertiary/aromatic N) is 3. The van der Waals surface area contributed by atoms with Crippen molar-refractivity contribution in [1.82, 2.24) is 9.97 Å². The minimum absolute atomic E-state index is 0.0606. The van der Waals surface area contributed by atoms with Crippen molar-refractivity contribution in [2.75, 3.05) is 5.32 Å². The van der Waals surface area contributed by atoms with Crippen molar-refractivity contribution < 1.29 is 9.72 Å². The second-order valence-corrected chi connectivity index (χ2v) is 3.39. The summed E-state index contributed by atoms with van der Waals surface area (Å²) in [5.74, 6) is -0.375. The van der Waals surface area contributed by atoms with Gasteiger partial charge < -0.3 is 5.32 Å². The number of anilines is 1. The van der Waals surface area contributed by atoms with Crippen LogP contribution in [-0.2, 0) is 0 Å². The molecule has 18 heavy (non-hydrogen) atoms. The van der Waals surface area contributed by atoms with Crippen LogP contribution in [0.15, 0.2) is 43.0 Å². The molecule has 90 valence electrons. The van der Waals surface area contributed by atoms with Crippen molar-refractivity contribution in [3.63, 3.8) is 0 Å². The van der Waals surface area contributed by atoms with E-state index in [0.29, 0.717) is 11.3 Å². The summed E-state index contributed by atoms with van der Waals surface area (Å²) in [7, 11) is 0. The number of carbonyl (C=O) groups excluding carboxylic acids is 1. The molecule has 0 fully saturated rings. The number of nitrogens with one attached hydrogen (secondary N) is 1. The summed E-state index contributed by atoms with van der Waals surface area (Å²) in [6.45, 7) is 0. The maximum atomic E-state index is 11.8. The smallest absolute Gasteiger partial charge is 0.269 e. The van der Waals surface area contributed by atoms with Gasteiger partial charge >= 0.3 is 0 Å². The lowest BCUT2D eigenvalue weighted by molar-refractivity contribution is -0.384. The topological polar surface area (TPSA) is 98.0 Å². The molecule has 0 unspecified atom stereocenters. The SMILES string of the molecule is O=C(Nc1cncnc1)c1ccc([N+](=O)[O-])cc1. The van der Waals surface area contributed by atoms with Crippen LogP contribution < -0.4 is 5.32 Å². The van der Waals surface area contributed by atoms with E-state index in [9.17, 15) is 14.9 Å².